The molecule has 1 aliphatic heterocycles. The van der Waals surface area contributed by atoms with Crippen LogP contribution in [0.1, 0.15) is 21.9 Å². The Balaban J connectivity index is 1.20. The highest BCUT2D eigenvalue weighted by Crippen LogP contribution is 2.35. The second kappa shape index (κ2) is 8.87. The maximum absolute atomic E-state index is 13.4. The third kappa shape index (κ3) is 4.78. The van der Waals surface area contributed by atoms with Crippen LogP contribution in [0.3, 0.4) is 0 Å². The number of carbonyl (C=O) groups is 1. The van der Waals surface area contributed by atoms with Gasteiger partial charge in [-0.15, -0.1) is 0 Å². The maximum Gasteiger partial charge on any atom is 0.292 e. The third-order valence-electron chi connectivity index (χ3n) is 4.79. The third-order valence-corrected chi connectivity index (χ3v) is 5.07. The number of benzene rings is 2. The number of anilines is 1. The van der Waals surface area contributed by atoms with Gasteiger partial charge in [-0.1, -0.05) is 23.7 Å². The van der Waals surface area contributed by atoms with Gasteiger partial charge in [0.25, 0.3) is 5.91 Å². The van der Waals surface area contributed by atoms with Gasteiger partial charge in [0.15, 0.2) is 23.1 Å². The van der Waals surface area contributed by atoms with Crippen LogP contribution < -0.4 is 19.5 Å². The van der Waals surface area contributed by atoms with Crippen LogP contribution in [0, 0.1) is 5.82 Å². The molecule has 0 bridgehead atoms. The van der Waals surface area contributed by atoms with E-state index in [-0.39, 0.29) is 35.8 Å². The molecule has 2 aromatic heterocycles. The zero-order chi connectivity index (χ0) is 22.8. The lowest BCUT2D eigenvalue weighted by molar-refractivity contribution is 0.0992. The summed E-state index contributed by atoms with van der Waals surface area (Å²) in [6.07, 6.45) is 1.55. The van der Waals surface area contributed by atoms with Crippen molar-refractivity contribution in [3.8, 4) is 17.2 Å². The molecule has 8 nitrogen and oxygen atoms in total. The van der Waals surface area contributed by atoms with Crippen LogP contribution >= 0.6 is 11.6 Å². The van der Waals surface area contributed by atoms with E-state index in [1.807, 2.05) is 0 Å². The molecule has 168 valence electrons. The Kier molecular flexibility index (Phi) is 5.62. The average molecular weight is 470 g/mol. The van der Waals surface area contributed by atoms with E-state index >= 15 is 0 Å². The van der Waals surface area contributed by atoms with Gasteiger partial charge in [0.2, 0.25) is 6.79 Å². The first-order valence-electron chi connectivity index (χ1n) is 9.93. The molecule has 1 N–H and O–H groups in total. The highest BCUT2D eigenvalue weighted by Gasteiger charge is 2.17. The van der Waals surface area contributed by atoms with Crippen molar-refractivity contribution in [2.75, 3.05) is 12.1 Å². The number of fused-ring (bicyclic) bond motifs is 1. The molecule has 1 amide bonds. The Morgan fingerprint density at radius 1 is 1.15 bits per heavy atom. The molecule has 10 heteroatoms. The van der Waals surface area contributed by atoms with Gasteiger partial charge in [0, 0.05) is 12.3 Å². The van der Waals surface area contributed by atoms with E-state index in [2.05, 4.69) is 10.4 Å². The van der Waals surface area contributed by atoms with Crippen molar-refractivity contribution in [3.05, 3.63) is 88.7 Å². The molecule has 0 radical (unpaired) electrons. The van der Waals surface area contributed by atoms with E-state index in [1.54, 1.807) is 42.6 Å². The molecular weight excluding hydrogens is 453 g/mol. The molecule has 0 fully saturated rings. The first kappa shape index (κ1) is 20.9. The monoisotopic (exact) mass is 469 g/mol. The van der Waals surface area contributed by atoms with Gasteiger partial charge in [0.1, 0.15) is 29.0 Å². The summed E-state index contributed by atoms with van der Waals surface area (Å²) in [5.74, 6) is 1.72. The lowest BCUT2D eigenvalue weighted by Gasteiger charge is -2.05. The summed E-state index contributed by atoms with van der Waals surface area (Å²) >= 11 is 6.20. The number of hydrogen-bond acceptors (Lipinski definition) is 6. The normalized spacial score (nSPS) is 12.1. The van der Waals surface area contributed by atoms with Crippen molar-refractivity contribution >= 4 is 23.3 Å². The number of nitrogens with one attached hydrogen (secondary N) is 1. The Labute approximate surface area is 192 Å². The smallest absolute Gasteiger partial charge is 0.292 e. The first-order valence-corrected chi connectivity index (χ1v) is 10.3. The van der Waals surface area contributed by atoms with Gasteiger partial charge in [-0.25, -0.2) is 4.39 Å². The van der Waals surface area contributed by atoms with Crippen molar-refractivity contribution in [1.82, 2.24) is 9.78 Å². The van der Waals surface area contributed by atoms with Crippen LogP contribution in [0.2, 0.25) is 5.02 Å². The SMILES string of the molecule is O=C(Nc1nn(Cc2cccc(F)c2)cc1Cl)c1ccc(COc2ccc3c(c2)OCO3)o1. The quantitative estimate of drug-likeness (QED) is 0.415. The minimum absolute atomic E-state index is 0.0787. The maximum atomic E-state index is 13.4. The fraction of sp³-hybridized carbons (Fsp3) is 0.130. The van der Waals surface area contributed by atoms with Crippen molar-refractivity contribution in [3.63, 3.8) is 0 Å². The first-order chi connectivity index (χ1) is 16.0. The van der Waals surface area contributed by atoms with Crippen LogP contribution in [0.4, 0.5) is 10.2 Å². The largest absolute Gasteiger partial charge is 0.486 e. The van der Waals surface area contributed by atoms with Gasteiger partial charge in [-0.05, 0) is 42.0 Å². The molecule has 0 aliphatic carbocycles. The van der Waals surface area contributed by atoms with Crippen LogP contribution in [-0.4, -0.2) is 22.5 Å². The van der Waals surface area contributed by atoms with E-state index < -0.39 is 5.91 Å². The summed E-state index contributed by atoms with van der Waals surface area (Å²) in [5.41, 5.74) is 0.713. The van der Waals surface area contributed by atoms with Crippen LogP contribution in [0.5, 0.6) is 17.2 Å². The molecule has 0 atom stereocenters. The van der Waals surface area contributed by atoms with Crippen LogP contribution in [0.15, 0.2) is 65.2 Å². The van der Waals surface area contributed by atoms with Crippen molar-refractivity contribution in [2.24, 2.45) is 0 Å². The minimum Gasteiger partial charge on any atom is -0.486 e. The number of furan rings is 1. The predicted molar refractivity (Wildman–Crippen MR) is 116 cm³/mol. The van der Waals surface area contributed by atoms with Gasteiger partial charge in [-0.2, -0.15) is 5.10 Å². The number of carbonyl (C=O) groups excluding carboxylic acids is 1. The number of rotatable bonds is 7. The summed E-state index contributed by atoms with van der Waals surface area (Å²) in [5, 5.41) is 7.12. The molecule has 0 saturated heterocycles. The highest BCUT2D eigenvalue weighted by atomic mass is 35.5. The molecular formula is C23H17ClFN3O5. The molecule has 3 heterocycles. The van der Waals surface area contributed by atoms with E-state index in [0.717, 1.165) is 0 Å². The van der Waals surface area contributed by atoms with Crippen LogP contribution in [0.25, 0.3) is 0 Å². The summed E-state index contributed by atoms with van der Waals surface area (Å²) in [6.45, 7) is 0.605. The predicted octanol–water partition coefficient (Wildman–Crippen LogP) is 4.88. The van der Waals surface area contributed by atoms with Crippen molar-refractivity contribution < 1.29 is 27.8 Å². The van der Waals surface area contributed by atoms with Gasteiger partial charge >= 0.3 is 0 Å². The lowest BCUT2D eigenvalue weighted by atomic mass is 10.2. The fourth-order valence-corrected chi connectivity index (χ4v) is 3.45. The zero-order valence-electron chi connectivity index (χ0n) is 17.1. The zero-order valence-corrected chi connectivity index (χ0v) is 17.8. The van der Waals surface area contributed by atoms with Crippen LogP contribution in [-0.2, 0) is 13.2 Å². The number of nitrogens with zero attached hydrogens (tertiary/aromatic N) is 2. The molecule has 0 spiro atoms. The molecule has 0 unspecified atom stereocenters. The Bertz CT molecular complexity index is 1320. The van der Waals surface area contributed by atoms with Gasteiger partial charge in [-0.3, -0.25) is 9.48 Å². The number of halogens is 2. The van der Waals surface area contributed by atoms with E-state index in [0.29, 0.717) is 35.1 Å². The minimum atomic E-state index is -0.512. The standard InChI is InChI=1S/C23H17ClFN3O5/c24-18-11-28(10-14-2-1-3-15(25)8-14)27-22(18)26-23(29)20-7-5-17(33-20)12-30-16-4-6-19-21(9-16)32-13-31-19/h1-9,11H,10,12-13H2,(H,26,27,29). The van der Waals surface area contributed by atoms with Gasteiger partial charge < -0.3 is 23.9 Å². The second-order valence-corrected chi connectivity index (χ2v) is 7.58. The summed E-state index contributed by atoms with van der Waals surface area (Å²) < 4.78 is 36.7. The molecule has 0 saturated carbocycles. The Morgan fingerprint density at radius 2 is 2.03 bits per heavy atom. The topological polar surface area (TPSA) is 87.8 Å². The molecule has 33 heavy (non-hydrogen) atoms. The fourth-order valence-electron chi connectivity index (χ4n) is 3.25. The number of hydrogen-bond donors (Lipinski definition) is 1. The molecule has 2 aromatic carbocycles. The summed E-state index contributed by atoms with van der Waals surface area (Å²) in [7, 11) is 0. The summed E-state index contributed by atoms with van der Waals surface area (Å²) in [4.78, 5) is 12.6. The molecule has 5 rings (SSSR count). The lowest BCUT2D eigenvalue weighted by Crippen LogP contribution is -2.12. The number of ether oxygens (including phenoxy) is 3. The van der Waals surface area contributed by atoms with E-state index in [1.165, 1.54) is 22.9 Å². The van der Waals surface area contributed by atoms with Gasteiger partial charge in [0.05, 0.1) is 6.54 Å². The molecule has 4 aromatic rings. The number of aromatic nitrogens is 2. The highest BCUT2D eigenvalue weighted by molar-refractivity contribution is 6.33. The average Bonchev–Trinajstić information content (AvgIpc) is 3.52. The Morgan fingerprint density at radius 3 is 2.91 bits per heavy atom. The van der Waals surface area contributed by atoms with E-state index in [9.17, 15) is 9.18 Å². The molecule has 1 aliphatic rings. The van der Waals surface area contributed by atoms with E-state index in [4.69, 9.17) is 30.2 Å². The Hall–Kier alpha value is -3.98. The van der Waals surface area contributed by atoms with Crippen molar-refractivity contribution in [1.29, 1.82) is 0 Å². The van der Waals surface area contributed by atoms with Crippen molar-refractivity contribution in [2.45, 2.75) is 13.2 Å². The number of amides is 1. The summed E-state index contributed by atoms with van der Waals surface area (Å²) in [6, 6.07) is 14.6. The second-order valence-electron chi connectivity index (χ2n) is 7.18.